The first-order valence-electron chi connectivity index (χ1n) is 6.83. The molecule has 1 aromatic heterocycles. The molecule has 0 aliphatic heterocycles. The zero-order valence-corrected chi connectivity index (χ0v) is 11.6. The molecule has 0 atom stereocenters. The van der Waals surface area contributed by atoms with Gasteiger partial charge in [-0.2, -0.15) is 0 Å². The molecule has 1 fully saturated rings. The summed E-state index contributed by atoms with van der Waals surface area (Å²) in [5, 5.41) is 11.7. The maximum Gasteiger partial charge on any atom is 0.273 e. The van der Waals surface area contributed by atoms with Crippen LogP contribution >= 0.6 is 0 Å². The van der Waals surface area contributed by atoms with Gasteiger partial charge in [-0.25, -0.2) is 4.98 Å². The van der Waals surface area contributed by atoms with E-state index in [2.05, 4.69) is 10.1 Å². The summed E-state index contributed by atoms with van der Waals surface area (Å²) in [6.07, 6.45) is 4.12. The number of carbonyl (C=O) groups is 1. The molecule has 0 spiro atoms. The Morgan fingerprint density at radius 3 is 2.80 bits per heavy atom. The van der Waals surface area contributed by atoms with Crippen molar-refractivity contribution >= 4 is 11.7 Å². The van der Waals surface area contributed by atoms with Gasteiger partial charge in [0.2, 0.25) is 0 Å². The van der Waals surface area contributed by atoms with Gasteiger partial charge < -0.3 is 15.8 Å². The predicted molar refractivity (Wildman–Crippen MR) is 75.7 cm³/mol. The zero-order chi connectivity index (χ0) is 14.5. The van der Waals surface area contributed by atoms with Gasteiger partial charge in [0, 0.05) is 11.7 Å². The fraction of sp³-hybridized carbons (Fsp3) is 0.500. The fourth-order valence-corrected chi connectivity index (χ4v) is 2.60. The van der Waals surface area contributed by atoms with E-state index in [-0.39, 0.29) is 24.3 Å². The Kier molecular flexibility index (Phi) is 4.55. The molecule has 0 saturated heterocycles. The molecule has 1 amide bonds. The molecule has 3 N–H and O–H groups in total. The number of rotatable bonds is 4. The van der Waals surface area contributed by atoms with Crippen molar-refractivity contribution in [2.75, 3.05) is 6.54 Å². The van der Waals surface area contributed by atoms with Crippen LogP contribution in [-0.4, -0.2) is 39.4 Å². The Hall–Kier alpha value is -2.11. The Morgan fingerprint density at radius 2 is 2.20 bits per heavy atom. The summed E-state index contributed by atoms with van der Waals surface area (Å²) in [7, 11) is 0. The molecule has 6 heteroatoms. The third kappa shape index (κ3) is 3.26. The first-order valence-corrected chi connectivity index (χ1v) is 6.83. The second-order valence-electron chi connectivity index (χ2n) is 5.13. The molecule has 2 rings (SSSR count). The van der Waals surface area contributed by atoms with Crippen LogP contribution in [0.4, 0.5) is 0 Å². The number of amidine groups is 1. The Balaban J connectivity index is 2.23. The summed E-state index contributed by atoms with van der Waals surface area (Å²) >= 11 is 0. The van der Waals surface area contributed by atoms with Gasteiger partial charge in [0.15, 0.2) is 5.84 Å². The van der Waals surface area contributed by atoms with E-state index in [9.17, 15) is 4.79 Å². The summed E-state index contributed by atoms with van der Waals surface area (Å²) in [4.78, 5) is 18.5. The molecule has 1 aromatic rings. The quantitative estimate of drug-likeness (QED) is 0.377. The second-order valence-corrected chi connectivity index (χ2v) is 5.13. The van der Waals surface area contributed by atoms with Crippen molar-refractivity contribution < 1.29 is 10.0 Å². The standard InChI is InChI=1S/C14H20N4O2/c1-10-5-4-8-12(16-10)14(19)18(9-13(15)17-20)11-6-2-3-7-11/h4-5,8,11,20H,2-3,6-7,9H2,1H3,(H2,15,17). The number of hydrogen-bond acceptors (Lipinski definition) is 4. The zero-order valence-electron chi connectivity index (χ0n) is 11.6. The fourth-order valence-electron chi connectivity index (χ4n) is 2.60. The van der Waals surface area contributed by atoms with Crippen molar-refractivity contribution in [2.24, 2.45) is 10.9 Å². The number of hydrogen-bond donors (Lipinski definition) is 2. The number of aromatic nitrogens is 1. The highest BCUT2D eigenvalue weighted by atomic mass is 16.4. The van der Waals surface area contributed by atoms with Gasteiger partial charge in [0.05, 0.1) is 6.54 Å². The molecule has 1 aliphatic carbocycles. The minimum Gasteiger partial charge on any atom is -0.409 e. The van der Waals surface area contributed by atoms with E-state index in [0.717, 1.165) is 31.4 Å². The monoisotopic (exact) mass is 276 g/mol. The summed E-state index contributed by atoms with van der Waals surface area (Å²) in [5.74, 6) is -0.120. The van der Waals surface area contributed by atoms with Crippen LogP contribution in [0.15, 0.2) is 23.4 Å². The van der Waals surface area contributed by atoms with Gasteiger partial charge in [0.1, 0.15) is 5.69 Å². The first kappa shape index (κ1) is 14.3. The molecule has 1 saturated carbocycles. The van der Waals surface area contributed by atoms with Crippen LogP contribution in [0, 0.1) is 6.92 Å². The van der Waals surface area contributed by atoms with Gasteiger partial charge in [-0.05, 0) is 31.9 Å². The van der Waals surface area contributed by atoms with Crippen molar-refractivity contribution in [1.82, 2.24) is 9.88 Å². The minimum atomic E-state index is -0.160. The van der Waals surface area contributed by atoms with Crippen LogP contribution < -0.4 is 5.73 Å². The summed E-state index contributed by atoms with van der Waals surface area (Å²) < 4.78 is 0. The molecule has 6 nitrogen and oxygen atoms in total. The smallest absolute Gasteiger partial charge is 0.273 e. The molecule has 1 aliphatic rings. The molecule has 20 heavy (non-hydrogen) atoms. The number of nitrogens with zero attached hydrogens (tertiary/aromatic N) is 3. The van der Waals surface area contributed by atoms with E-state index in [1.807, 2.05) is 19.1 Å². The number of amides is 1. The van der Waals surface area contributed by atoms with E-state index in [1.54, 1.807) is 11.0 Å². The number of carbonyl (C=O) groups excluding carboxylic acids is 1. The van der Waals surface area contributed by atoms with E-state index < -0.39 is 0 Å². The number of nitrogens with two attached hydrogens (primary N) is 1. The molecule has 0 aromatic carbocycles. The van der Waals surface area contributed by atoms with Crippen LogP contribution in [0.25, 0.3) is 0 Å². The van der Waals surface area contributed by atoms with Gasteiger partial charge in [-0.1, -0.05) is 24.1 Å². The number of pyridine rings is 1. The molecule has 0 unspecified atom stereocenters. The molecule has 0 radical (unpaired) electrons. The van der Waals surface area contributed by atoms with Crippen LogP contribution in [0.5, 0.6) is 0 Å². The average molecular weight is 276 g/mol. The highest BCUT2D eigenvalue weighted by Gasteiger charge is 2.28. The summed E-state index contributed by atoms with van der Waals surface area (Å²) in [6, 6.07) is 5.50. The Morgan fingerprint density at radius 1 is 1.50 bits per heavy atom. The third-order valence-electron chi connectivity index (χ3n) is 3.59. The lowest BCUT2D eigenvalue weighted by Crippen LogP contribution is -2.44. The highest BCUT2D eigenvalue weighted by molar-refractivity contribution is 5.95. The van der Waals surface area contributed by atoms with Crippen molar-refractivity contribution in [1.29, 1.82) is 0 Å². The summed E-state index contributed by atoms with van der Waals surface area (Å²) in [5.41, 5.74) is 6.78. The van der Waals surface area contributed by atoms with Gasteiger partial charge in [-0.15, -0.1) is 0 Å². The normalized spacial score (nSPS) is 16.4. The van der Waals surface area contributed by atoms with E-state index in [0.29, 0.717) is 5.69 Å². The highest BCUT2D eigenvalue weighted by Crippen LogP contribution is 2.24. The van der Waals surface area contributed by atoms with Crippen LogP contribution in [0.1, 0.15) is 41.9 Å². The van der Waals surface area contributed by atoms with Crippen molar-refractivity contribution in [3.8, 4) is 0 Å². The Bertz CT molecular complexity index is 510. The lowest BCUT2D eigenvalue weighted by Gasteiger charge is -2.28. The number of aryl methyl sites for hydroxylation is 1. The maximum atomic E-state index is 12.6. The van der Waals surface area contributed by atoms with Gasteiger partial charge >= 0.3 is 0 Å². The maximum absolute atomic E-state index is 12.6. The topological polar surface area (TPSA) is 91.8 Å². The molecular weight excluding hydrogens is 256 g/mol. The van der Waals surface area contributed by atoms with Crippen molar-refractivity contribution in [3.05, 3.63) is 29.6 Å². The van der Waals surface area contributed by atoms with Gasteiger partial charge in [0.25, 0.3) is 5.91 Å². The predicted octanol–water partition coefficient (Wildman–Crippen LogP) is 1.52. The molecule has 1 heterocycles. The van der Waals surface area contributed by atoms with Crippen molar-refractivity contribution in [2.45, 2.75) is 38.6 Å². The van der Waals surface area contributed by atoms with Gasteiger partial charge in [-0.3, -0.25) is 4.79 Å². The SMILES string of the molecule is Cc1cccc(C(=O)N(CC(N)=NO)C2CCCC2)n1. The lowest BCUT2D eigenvalue weighted by molar-refractivity contribution is 0.0706. The van der Waals surface area contributed by atoms with Crippen LogP contribution in [0.2, 0.25) is 0 Å². The largest absolute Gasteiger partial charge is 0.409 e. The molecular formula is C14H20N4O2. The van der Waals surface area contributed by atoms with E-state index in [4.69, 9.17) is 10.9 Å². The van der Waals surface area contributed by atoms with E-state index in [1.165, 1.54) is 0 Å². The Labute approximate surface area is 118 Å². The number of oxime groups is 1. The summed E-state index contributed by atoms with van der Waals surface area (Å²) in [6.45, 7) is 1.98. The minimum absolute atomic E-state index is 0.0397. The lowest BCUT2D eigenvalue weighted by atomic mass is 10.2. The average Bonchev–Trinajstić information content (AvgIpc) is 2.97. The van der Waals surface area contributed by atoms with Crippen LogP contribution in [-0.2, 0) is 0 Å². The van der Waals surface area contributed by atoms with Crippen LogP contribution in [0.3, 0.4) is 0 Å². The molecule has 108 valence electrons. The third-order valence-corrected chi connectivity index (χ3v) is 3.59. The van der Waals surface area contributed by atoms with E-state index >= 15 is 0 Å². The molecule has 0 bridgehead atoms. The van der Waals surface area contributed by atoms with Crippen molar-refractivity contribution in [3.63, 3.8) is 0 Å². The first-order chi connectivity index (χ1) is 9.61. The second kappa shape index (κ2) is 6.36.